The van der Waals surface area contributed by atoms with Gasteiger partial charge in [-0.1, -0.05) is 41.9 Å². The lowest BCUT2D eigenvalue weighted by molar-refractivity contribution is 0.0878. The van der Waals surface area contributed by atoms with Gasteiger partial charge in [0.25, 0.3) is 5.91 Å². The largest absolute Gasteiger partial charge is 0.350 e. The minimum Gasteiger partial charge on any atom is -0.350 e. The summed E-state index contributed by atoms with van der Waals surface area (Å²) in [5.74, 6) is 0.518. The molecular formula is C17H22ClN3O2. The van der Waals surface area contributed by atoms with Crippen molar-refractivity contribution in [2.45, 2.75) is 26.3 Å². The van der Waals surface area contributed by atoms with Gasteiger partial charge in [-0.3, -0.25) is 4.79 Å². The fourth-order valence-electron chi connectivity index (χ4n) is 2.67. The first-order valence-corrected chi connectivity index (χ1v) is 7.69. The highest BCUT2D eigenvalue weighted by Crippen LogP contribution is 2.20. The highest BCUT2D eigenvalue weighted by molar-refractivity contribution is 5.92. The van der Waals surface area contributed by atoms with Crippen LogP contribution < -0.4 is 10.6 Å². The zero-order valence-electron chi connectivity index (χ0n) is 13.3. The van der Waals surface area contributed by atoms with E-state index in [0.717, 1.165) is 25.1 Å². The molecule has 2 atom stereocenters. The fraction of sp³-hybridized carbons (Fsp3) is 0.412. The van der Waals surface area contributed by atoms with Crippen LogP contribution >= 0.6 is 12.4 Å². The Morgan fingerprint density at radius 2 is 2.09 bits per heavy atom. The van der Waals surface area contributed by atoms with E-state index in [1.54, 1.807) is 6.07 Å². The minimum atomic E-state index is -0.202. The number of carbonyl (C=O) groups excluding carboxylic acids is 1. The van der Waals surface area contributed by atoms with Crippen LogP contribution in [0.5, 0.6) is 0 Å². The molecule has 2 aromatic rings. The second-order valence-electron chi connectivity index (χ2n) is 5.99. The maximum Gasteiger partial charge on any atom is 0.290 e. The highest BCUT2D eigenvalue weighted by Gasteiger charge is 2.24. The smallest absolute Gasteiger partial charge is 0.290 e. The maximum atomic E-state index is 12.3. The van der Waals surface area contributed by atoms with Gasteiger partial charge in [0.2, 0.25) is 5.76 Å². The van der Waals surface area contributed by atoms with Gasteiger partial charge in [0, 0.05) is 24.2 Å². The predicted octanol–water partition coefficient (Wildman–Crippen LogP) is 2.80. The Bertz CT molecular complexity index is 654. The van der Waals surface area contributed by atoms with E-state index in [1.807, 2.05) is 31.2 Å². The molecule has 0 radical (unpaired) electrons. The standard InChI is InChI=1S/C17H21N3O2.ClH/c1-11-3-5-13(6-4-11)14-9-16(22-20-14)17(21)19-15-10-18-8-7-12(15)2;/h3-6,9,12,15,18H,7-8,10H2,1-2H3,(H,19,21);1H. The van der Waals surface area contributed by atoms with Gasteiger partial charge in [0.05, 0.1) is 0 Å². The van der Waals surface area contributed by atoms with Gasteiger partial charge < -0.3 is 15.2 Å². The van der Waals surface area contributed by atoms with Crippen LogP contribution in [0.2, 0.25) is 0 Å². The van der Waals surface area contributed by atoms with Crippen molar-refractivity contribution in [1.29, 1.82) is 0 Å². The molecule has 1 aromatic carbocycles. The van der Waals surface area contributed by atoms with Crippen molar-refractivity contribution < 1.29 is 9.32 Å². The topological polar surface area (TPSA) is 67.2 Å². The number of piperidine rings is 1. The van der Waals surface area contributed by atoms with Gasteiger partial charge >= 0.3 is 0 Å². The van der Waals surface area contributed by atoms with Crippen LogP contribution in [0, 0.1) is 12.8 Å². The van der Waals surface area contributed by atoms with Gasteiger partial charge in [0.15, 0.2) is 0 Å². The van der Waals surface area contributed by atoms with E-state index in [4.69, 9.17) is 4.52 Å². The van der Waals surface area contributed by atoms with E-state index in [9.17, 15) is 4.79 Å². The van der Waals surface area contributed by atoms with E-state index in [1.165, 1.54) is 5.56 Å². The van der Waals surface area contributed by atoms with Crippen molar-refractivity contribution in [2.24, 2.45) is 5.92 Å². The van der Waals surface area contributed by atoms with Crippen LogP contribution in [0.3, 0.4) is 0 Å². The fourth-order valence-corrected chi connectivity index (χ4v) is 2.67. The molecule has 2 unspecified atom stereocenters. The van der Waals surface area contributed by atoms with Gasteiger partial charge in [-0.15, -0.1) is 12.4 Å². The molecule has 3 rings (SSSR count). The number of hydrogen-bond donors (Lipinski definition) is 2. The third-order valence-corrected chi connectivity index (χ3v) is 4.23. The summed E-state index contributed by atoms with van der Waals surface area (Å²) in [4.78, 5) is 12.3. The minimum absolute atomic E-state index is 0. The van der Waals surface area contributed by atoms with Crippen molar-refractivity contribution in [1.82, 2.24) is 15.8 Å². The molecule has 6 heteroatoms. The van der Waals surface area contributed by atoms with Crippen molar-refractivity contribution >= 4 is 18.3 Å². The SMILES string of the molecule is Cc1ccc(-c2cc(C(=O)NC3CNCCC3C)on2)cc1.Cl. The molecule has 1 fully saturated rings. The molecule has 23 heavy (non-hydrogen) atoms. The highest BCUT2D eigenvalue weighted by atomic mass is 35.5. The normalized spacial score (nSPS) is 20.6. The summed E-state index contributed by atoms with van der Waals surface area (Å²) in [5.41, 5.74) is 2.81. The number of aryl methyl sites for hydroxylation is 1. The zero-order chi connectivity index (χ0) is 15.5. The molecule has 1 saturated heterocycles. The second-order valence-corrected chi connectivity index (χ2v) is 5.99. The summed E-state index contributed by atoms with van der Waals surface area (Å²) in [5, 5.41) is 10.3. The number of aromatic nitrogens is 1. The molecule has 0 spiro atoms. The Balaban J connectivity index is 0.00000192. The van der Waals surface area contributed by atoms with E-state index < -0.39 is 0 Å². The number of nitrogens with one attached hydrogen (secondary N) is 2. The number of hydrogen-bond acceptors (Lipinski definition) is 4. The number of amides is 1. The van der Waals surface area contributed by atoms with Crippen LogP contribution in [0.15, 0.2) is 34.9 Å². The summed E-state index contributed by atoms with van der Waals surface area (Å²) >= 11 is 0. The third-order valence-electron chi connectivity index (χ3n) is 4.23. The lowest BCUT2D eigenvalue weighted by Gasteiger charge is -2.29. The summed E-state index contributed by atoms with van der Waals surface area (Å²) < 4.78 is 5.21. The Kier molecular flexibility index (Phi) is 5.80. The van der Waals surface area contributed by atoms with Crippen LogP contribution in [0.4, 0.5) is 0 Å². The predicted molar refractivity (Wildman–Crippen MR) is 91.8 cm³/mol. The van der Waals surface area contributed by atoms with Crippen molar-refractivity contribution in [2.75, 3.05) is 13.1 Å². The molecule has 1 aliphatic rings. The average Bonchev–Trinajstić information content (AvgIpc) is 3.00. The lowest BCUT2D eigenvalue weighted by atomic mass is 9.95. The number of halogens is 1. The quantitative estimate of drug-likeness (QED) is 0.905. The lowest BCUT2D eigenvalue weighted by Crippen LogP contribution is -2.50. The third kappa shape index (κ3) is 4.12. The molecule has 2 heterocycles. The average molecular weight is 336 g/mol. The Hall–Kier alpha value is -1.85. The molecule has 1 amide bonds. The maximum absolute atomic E-state index is 12.3. The number of nitrogens with zero attached hydrogens (tertiary/aromatic N) is 1. The molecular weight excluding hydrogens is 314 g/mol. The first-order valence-electron chi connectivity index (χ1n) is 7.69. The summed E-state index contributed by atoms with van der Waals surface area (Å²) in [6, 6.07) is 9.80. The number of benzene rings is 1. The van der Waals surface area contributed by atoms with E-state index in [-0.39, 0.29) is 30.1 Å². The molecule has 1 aliphatic heterocycles. The van der Waals surface area contributed by atoms with E-state index >= 15 is 0 Å². The zero-order valence-corrected chi connectivity index (χ0v) is 14.2. The van der Waals surface area contributed by atoms with Gasteiger partial charge in [-0.05, 0) is 25.8 Å². The molecule has 2 N–H and O–H groups in total. The number of rotatable bonds is 3. The molecule has 0 aliphatic carbocycles. The molecule has 5 nitrogen and oxygen atoms in total. The number of carbonyl (C=O) groups is 1. The first-order chi connectivity index (χ1) is 10.6. The van der Waals surface area contributed by atoms with Gasteiger partial charge in [-0.25, -0.2) is 0 Å². The second kappa shape index (κ2) is 7.62. The monoisotopic (exact) mass is 335 g/mol. The van der Waals surface area contributed by atoms with Crippen molar-refractivity contribution in [3.63, 3.8) is 0 Å². The Morgan fingerprint density at radius 3 is 2.78 bits per heavy atom. The van der Waals surface area contributed by atoms with Gasteiger partial charge in [-0.2, -0.15) is 0 Å². The molecule has 124 valence electrons. The van der Waals surface area contributed by atoms with Crippen LogP contribution in [-0.4, -0.2) is 30.2 Å². The Morgan fingerprint density at radius 1 is 1.35 bits per heavy atom. The summed E-state index contributed by atoms with van der Waals surface area (Å²) in [7, 11) is 0. The molecule has 0 saturated carbocycles. The van der Waals surface area contributed by atoms with Crippen LogP contribution in [-0.2, 0) is 0 Å². The van der Waals surface area contributed by atoms with Crippen LogP contribution in [0.1, 0.15) is 29.5 Å². The van der Waals surface area contributed by atoms with Gasteiger partial charge in [0.1, 0.15) is 5.69 Å². The Labute approximate surface area is 142 Å². The first kappa shape index (κ1) is 17.5. The summed E-state index contributed by atoms with van der Waals surface area (Å²) in [6.07, 6.45) is 1.07. The van der Waals surface area contributed by atoms with Crippen molar-refractivity contribution in [3.05, 3.63) is 41.7 Å². The van der Waals surface area contributed by atoms with E-state index in [0.29, 0.717) is 11.6 Å². The van der Waals surface area contributed by atoms with E-state index in [2.05, 4.69) is 22.7 Å². The molecule has 1 aromatic heterocycles. The molecule has 0 bridgehead atoms. The summed E-state index contributed by atoms with van der Waals surface area (Å²) in [6.45, 7) is 5.99. The van der Waals surface area contributed by atoms with Crippen LogP contribution in [0.25, 0.3) is 11.3 Å². The van der Waals surface area contributed by atoms with Crippen molar-refractivity contribution in [3.8, 4) is 11.3 Å².